The number of benzene rings is 1. The van der Waals surface area contributed by atoms with Gasteiger partial charge in [-0.1, -0.05) is 37.3 Å². The number of allylic oxidation sites excluding steroid dienone is 2. The van der Waals surface area contributed by atoms with Crippen molar-refractivity contribution in [3.8, 4) is 17.1 Å². The van der Waals surface area contributed by atoms with Crippen LogP contribution in [0.1, 0.15) is 24.6 Å². The molecule has 1 unspecified atom stereocenters. The zero-order valence-corrected chi connectivity index (χ0v) is 21.3. The number of aromatic nitrogens is 4. The molecule has 1 aliphatic heterocycles. The molecule has 188 valence electrons. The van der Waals surface area contributed by atoms with Crippen molar-refractivity contribution < 1.29 is 4.74 Å². The first-order chi connectivity index (χ1) is 17.4. The van der Waals surface area contributed by atoms with Crippen LogP contribution < -0.4 is 15.8 Å². The Morgan fingerprint density at radius 3 is 2.67 bits per heavy atom. The Morgan fingerprint density at radius 1 is 1.14 bits per heavy atom. The summed E-state index contributed by atoms with van der Waals surface area (Å²) in [6, 6.07) is 8.46. The normalized spacial score (nSPS) is 15.2. The van der Waals surface area contributed by atoms with Crippen molar-refractivity contribution in [2.24, 2.45) is 0 Å². The monoisotopic (exact) mass is 486 g/mol. The molecule has 1 atom stereocenters. The van der Waals surface area contributed by atoms with Crippen LogP contribution in [-0.2, 0) is 6.54 Å². The maximum atomic E-state index is 6.12. The first-order valence-electron chi connectivity index (χ1n) is 12.1. The van der Waals surface area contributed by atoms with Crippen LogP contribution in [0.4, 0.5) is 11.6 Å². The minimum atomic E-state index is 0.364. The Kier molecular flexibility index (Phi) is 8.12. The lowest BCUT2D eigenvalue weighted by molar-refractivity contribution is 0.260. The average Bonchev–Trinajstić information content (AvgIpc) is 2.88. The van der Waals surface area contributed by atoms with Gasteiger partial charge in [-0.15, -0.1) is 0 Å². The topological polar surface area (TPSA) is 105 Å². The second-order valence-corrected chi connectivity index (χ2v) is 9.02. The van der Waals surface area contributed by atoms with Crippen LogP contribution >= 0.6 is 0 Å². The Bertz CT molecular complexity index is 1220. The number of hydrogen-bond acceptors (Lipinski definition) is 9. The Balaban J connectivity index is 1.42. The number of nitrogens with two attached hydrogens (primary N) is 1. The van der Waals surface area contributed by atoms with E-state index in [1.807, 2.05) is 32.3 Å². The molecule has 0 spiro atoms. The highest BCUT2D eigenvalue weighted by molar-refractivity contribution is 5.74. The molecule has 0 amide bonds. The molecule has 4 rings (SSSR count). The van der Waals surface area contributed by atoms with Crippen LogP contribution in [0.2, 0.25) is 0 Å². The lowest BCUT2D eigenvalue weighted by Crippen LogP contribution is -2.26. The molecule has 36 heavy (non-hydrogen) atoms. The van der Waals surface area contributed by atoms with E-state index >= 15 is 0 Å². The second-order valence-electron chi connectivity index (χ2n) is 9.02. The molecule has 3 aromatic rings. The van der Waals surface area contributed by atoms with Gasteiger partial charge in [-0.3, -0.25) is 0 Å². The number of anilines is 2. The van der Waals surface area contributed by atoms with Crippen LogP contribution in [0, 0.1) is 0 Å². The summed E-state index contributed by atoms with van der Waals surface area (Å²) in [4.78, 5) is 22.3. The smallest absolute Gasteiger partial charge is 0.169 e. The van der Waals surface area contributed by atoms with Crippen LogP contribution in [0.3, 0.4) is 0 Å². The van der Waals surface area contributed by atoms with E-state index in [9.17, 15) is 0 Å². The lowest BCUT2D eigenvalue weighted by atomic mass is 10.1. The number of nitrogens with zero attached hydrogens (tertiary/aromatic N) is 6. The fraction of sp³-hybridized carbons (Fsp3) is 0.333. The van der Waals surface area contributed by atoms with Gasteiger partial charge in [0.25, 0.3) is 0 Å². The van der Waals surface area contributed by atoms with E-state index in [0.29, 0.717) is 42.4 Å². The number of likely N-dealkylation sites (N-methyl/N-ethyl adjacent to an activating group) is 2. The lowest BCUT2D eigenvalue weighted by Gasteiger charge is -2.27. The number of rotatable bonds is 10. The fourth-order valence-corrected chi connectivity index (χ4v) is 3.84. The summed E-state index contributed by atoms with van der Waals surface area (Å²) in [6.45, 7) is 4.13. The standard InChI is InChI=1S/C27H34N8O/c1-5-22-10-9-21(18-35(22)4)24-17-29-25(28)27(33-24)30-14-19-7-6-8-20(13-19)26-31-15-23(16-32-26)36-12-11-34(2)3/h6-10,13,15-18,22H,5,11-12,14H2,1-4H3,(H2,28,29)(H,30,33). The average molecular weight is 487 g/mol. The summed E-state index contributed by atoms with van der Waals surface area (Å²) in [7, 11) is 6.09. The van der Waals surface area contributed by atoms with Gasteiger partial charge in [0.2, 0.25) is 0 Å². The van der Waals surface area contributed by atoms with E-state index in [0.717, 1.165) is 35.4 Å². The molecule has 0 saturated heterocycles. The molecular weight excluding hydrogens is 452 g/mol. The second kappa shape index (κ2) is 11.6. The van der Waals surface area contributed by atoms with E-state index in [1.54, 1.807) is 18.6 Å². The van der Waals surface area contributed by atoms with Crippen molar-refractivity contribution in [1.82, 2.24) is 29.7 Å². The first kappa shape index (κ1) is 25.1. The van der Waals surface area contributed by atoms with Crippen LogP contribution in [0.25, 0.3) is 17.0 Å². The Morgan fingerprint density at radius 2 is 1.94 bits per heavy atom. The zero-order valence-electron chi connectivity index (χ0n) is 21.3. The largest absolute Gasteiger partial charge is 0.489 e. The van der Waals surface area contributed by atoms with E-state index in [4.69, 9.17) is 15.5 Å². The third-order valence-corrected chi connectivity index (χ3v) is 5.96. The summed E-state index contributed by atoms with van der Waals surface area (Å²) in [6.07, 6.45) is 12.6. The van der Waals surface area contributed by atoms with Crippen molar-refractivity contribution >= 4 is 17.2 Å². The molecule has 3 N–H and O–H groups in total. The molecule has 0 saturated carbocycles. The van der Waals surface area contributed by atoms with Crippen LogP contribution in [0.5, 0.6) is 5.75 Å². The molecule has 9 heteroatoms. The highest BCUT2D eigenvalue weighted by atomic mass is 16.5. The van der Waals surface area contributed by atoms with Gasteiger partial charge in [0.15, 0.2) is 23.2 Å². The summed E-state index contributed by atoms with van der Waals surface area (Å²) in [5.74, 6) is 2.22. The molecule has 0 radical (unpaired) electrons. The van der Waals surface area contributed by atoms with Crippen LogP contribution in [-0.4, -0.2) is 70.1 Å². The molecule has 2 aromatic heterocycles. The van der Waals surface area contributed by atoms with Gasteiger partial charge in [-0.25, -0.2) is 19.9 Å². The summed E-state index contributed by atoms with van der Waals surface area (Å²) in [5.41, 5.74) is 9.88. The Labute approximate surface area is 212 Å². The van der Waals surface area contributed by atoms with Gasteiger partial charge >= 0.3 is 0 Å². The van der Waals surface area contributed by atoms with E-state index in [1.165, 1.54) is 0 Å². The molecular formula is C27H34N8O. The number of nitrogens with one attached hydrogen (secondary N) is 1. The van der Waals surface area contributed by atoms with Gasteiger partial charge in [0, 0.05) is 43.5 Å². The predicted molar refractivity (Wildman–Crippen MR) is 144 cm³/mol. The van der Waals surface area contributed by atoms with Gasteiger partial charge in [-0.2, -0.15) is 0 Å². The summed E-state index contributed by atoms with van der Waals surface area (Å²) < 4.78 is 5.69. The number of ether oxygens (including phenoxy) is 1. The van der Waals surface area contributed by atoms with Gasteiger partial charge in [0.1, 0.15) is 6.61 Å². The van der Waals surface area contributed by atoms with E-state index in [-0.39, 0.29) is 0 Å². The fourth-order valence-electron chi connectivity index (χ4n) is 3.84. The van der Waals surface area contributed by atoms with Crippen molar-refractivity contribution in [2.75, 3.05) is 45.3 Å². The molecule has 0 aliphatic carbocycles. The molecule has 1 aromatic carbocycles. The predicted octanol–water partition coefficient (Wildman–Crippen LogP) is 3.69. The number of hydrogen-bond donors (Lipinski definition) is 2. The van der Waals surface area contributed by atoms with Gasteiger partial charge in [0.05, 0.1) is 24.3 Å². The minimum Gasteiger partial charge on any atom is -0.489 e. The van der Waals surface area contributed by atoms with Crippen molar-refractivity contribution in [2.45, 2.75) is 25.9 Å². The van der Waals surface area contributed by atoms with Crippen molar-refractivity contribution in [1.29, 1.82) is 0 Å². The van der Waals surface area contributed by atoms with Crippen molar-refractivity contribution in [3.63, 3.8) is 0 Å². The van der Waals surface area contributed by atoms with E-state index < -0.39 is 0 Å². The third kappa shape index (κ3) is 6.37. The third-order valence-electron chi connectivity index (χ3n) is 5.96. The van der Waals surface area contributed by atoms with Crippen LogP contribution in [0.15, 0.2) is 61.2 Å². The zero-order chi connectivity index (χ0) is 25.5. The van der Waals surface area contributed by atoms with Crippen molar-refractivity contribution in [3.05, 3.63) is 72.5 Å². The van der Waals surface area contributed by atoms with E-state index in [2.05, 4.69) is 68.5 Å². The molecule has 0 fully saturated rings. The summed E-state index contributed by atoms with van der Waals surface area (Å²) >= 11 is 0. The molecule has 3 heterocycles. The number of nitrogen functional groups attached to an aromatic ring is 1. The maximum Gasteiger partial charge on any atom is 0.169 e. The van der Waals surface area contributed by atoms with Gasteiger partial charge in [-0.05, 0) is 32.1 Å². The highest BCUT2D eigenvalue weighted by Gasteiger charge is 2.15. The maximum absolute atomic E-state index is 6.12. The SMILES string of the molecule is CCC1C=CC(c2cnc(N)c(NCc3cccc(-c4ncc(OCCN(C)C)cn4)c3)n2)=CN1C. The minimum absolute atomic E-state index is 0.364. The highest BCUT2D eigenvalue weighted by Crippen LogP contribution is 2.24. The first-order valence-corrected chi connectivity index (χ1v) is 12.1. The molecule has 9 nitrogen and oxygen atoms in total. The molecule has 1 aliphatic rings. The van der Waals surface area contributed by atoms with Gasteiger partial charge < -0.3 is 25.6 Å². The Hall–Kier alpha value is -3.98. The summed E-state index contributed by atoms with van der Waals surface area (Å²) in [5, 5.41) is 3.33. The molecule has 0 bridgehead atoms. The quantitative estimate of drug-likeness (QED) is 0.444.